The van der Waals surface area contributed by atoms with Gasteiger partial charge in [-0.05, 0) is 44.1 Å². The van der Waals surface area contributed by atoms with E-state index in [0.29, 0.717) is 5.92 Å². The first-order chi connectivity index (χ1) is 8.81. The van der Waals surface area contributed by atoms with Crippen LogP contribution in [0.4, 0.5) is 0 Å². The molecule has 2 aliphatic rings. The van der Waals surface area contributed by atoms with E-state index in [2.05, 4.69) is 22.4 Å². The lowest BCUT2D eigenvalue weighted by Gasteiger charge is -2.23. The van der Waals surface area contributed by atoms with Gasteiger partial charge in [-0.25, -0.2) is 0 Å². The number of hydrogen-bond acceptors (Lipinski definition) is 4. The first kappa shape index (κ1) is 12.2. The fourth-order valence-electron chi connectivity index (χ4n) is 2.73. The van der Waals surface area contributed by atoms with Crippen LogP contribution < -0.4 is 5.32 Å². The number of nitrogens with zero attached hydrogens (tertiary/aromatic N) is 2. The highest BCUT2D eigenvalue weighted by Gasteiger charge is 2.24. The maximum atomic E-state index is 5.32. The van der Waals surface area contributed by atoms with Crippen molar-refractivity contribution in [1.29, 1.82) is 0 Å². The largest absolute Gasteiger partial charge is 0.338 e. The quantitative estimate of drug-likeness (QED) is 0.871. The summed E-state index contributed by atoms with van der Waals surface area (Å²) in [5, 5.41) is 7.54. The summed E-state index contributed by atoms with van der Waals surface area (Å²) in [7, 11) is 0. The molecule has 3 rings (SSSR count). The van der Waals surface area contributed by atoms with E-state index < -0.39 is 0 Å². The van der Waals surface area contributed by atoms with Crippen molar-refractivity contribution in [1.82, 2.24) is 15.5 Å². The van der Waals surface area contributed by atoms with Crippen molar-refractivity contribution in [3.8, 4) is 0 Å². The van der Waals surface area contributed by atoms with Gasteiger partial charge in [-0.3, -0.25) is 0 Å². The van der Waals surface area contributed by atoms with Crippen molar-refractivity contribution >= 4 is 0 Å². The SMILES string of the molecule is CC1CCC(c2noc(CNCC3CC3)n2)CC1. The first-order valence-electron chi connectivity index (χ1n) is 7.34. The van der Waals surface area contributed by atoms with Gasteiger partial charge in [0.15, 0.2) is 5.82 Å². The van der Waals surface area contributed by atoms with Gasteiger partial charge in [0.25, 0.3) is 0 Å². The minimum Gasteiger partial charge on any atom is -0.338 e. The lowest BCUT2D eigenvalue weighted by molar-refractivity contribution is 0.322. The van der Waals surface area contributed by atoms with Crippen molar-refractivity contribution in [3.63, 3.8) is 0 Å². The Morgan fingerprint density at radius 2 is 1.94 bits per heavy atom. The molecular weight excluding hydrogens is 226 g/mol. The van der Waals surface area contributed by atoms with Crippen LogP contribution in [-0.4, -0.2) is 16.7 Å². The van der Waals surface area contributed by atoms with Crippen LogP contribution in [0.25, 0.3) is 0 Å². The molecule has 0 atom stereocenters. The van der Waals surface area contributed by atoms with E-state index in [4.69, 9.17) is 4.52 Å². The monoisotopic (exact) mass is 249 g/mol. The molecule has 0 spiro atoms. The predicted octanol–water partition coefficient (Wildman–Crippen LogP) is 2.86. The van der Waals surface area contributed by atoms with Gasteiger partial charge in [0.1, 0.15) is 0 Å². The first-order valence-corrected chi connectivity index (χ1v) is 7.34. The molecule has 2 fully saturated rings. The maximum Gasteiger partial charge on any atom is 0.240 e. The second kappa shape index (κ2) is 5.39. The Morgan fingerprint density at radius 3 is 2.67 bits per heavy atom. The fraction of sp³-hybridized carbons (Fsp3) is 0.857. The molecule has 18 heavy (non-hydrogen) atoms. The molecule has 1 heterocycles. The second-order valence-electron chi connectivity index (χ2n) is 6.08. The van der Waals surface area contributed by atoms with Crippen molar-refractivity contribution in [2.75, 3.05) is 6.54 Å². The summed E-state index contributed by atoms with van der Waals surface area (Å²) in [4.78, 5) is 4.54. The second-order valence-corrected chi connectivity index (χ2v) is 6.08. The molecule has 0 radical (unpaired) electrons. The highest BCUT2D eigenvalue weighted by molar-refractivity contribution is 4.97. The van der Waals surface area contributed by atoms with E-state index in [1.54, 1.807) is 0 Å². The minimum absolute atomic E-state index is 0.530. The summed E-state index contributed by atoms with van der Waals surface area (Å²) in [6.45, 7) is 4.16. The number of hydrogen-bond donors (Lipinski definition) is 1. The Balaban J connectivity index is 1.48. The molecule has 4 heteroatoms. The van der Waals surface area contributed by atoms with Gasteiger partial charge in [0, 0.05) is 5.92 Å². The molecular formula is C14H23N3O. The summed E-state index contributed by atoms with van der Waals surface area (Å²) in [5.74, 6) is 3.98. The van der Waals surface area contributed by atoms with E-state index in [1.807, 2.05) is 0 Å². The number of rotatable bonds is 5. The van der Waals surface area contributed by atoms with E-state index in [-0.39, 0.29) is 0 Å². The van der Waals surface area contributed by atoms with Crippen LogP contribution in [0.5, 0.6) is 0 Å². The molecule has 0 aliphatic heterocycles. The van der Waals surface area contributed by atoms with Gasteiger partial charge in [-0.1, -0.05) is 24.9 Å². The van der Waals surface area contributed by atoms with Crippen molar-refractivity contribution in [2.45, 2.75) is 57.9 Å². The average Bonchev–Trinajstić information content (AvgIpc) is 3.08. The van der Waals surface area contributed by atoms with Crippen molar-refractivity contribution in [2.24, 2.45) is 11.8 Å². The number of nitrogens with one attached hydrogen (secondary N) is 1. The van der Waals surface area contributed by atoms with Crippen LogP contribution in [0.15, 0.2) is 4.52 Å². The van der Waals surface area contributed by atoms with Gasteiger partial charge in [0.05, 0.1) is 6.54 Å². The van der Waals surface area contributed by atoms with Crippen LogP contribution in [0.2, 0.25) is 0 Å². The number of aromatic nitrogens is 2. The Labute approximate surface area is 109 Å². The lowest BCUT2D eigenvalue weighted by Crippen LogP contribution is -2.16. The lowest BCUT2D eigenvalue weighted by atomic mass is 9.83. The average molecular weight is 249 g/mol. The van der Waals surface area contributed by atoms with E-state index in [1.165, 1.54) is 38.5 Å². The minimum atomic E-state index is 0.530. The molecule has 0 unspecified atom stereocenters. The van der Waals surface area contributed by atoms with E-state index in [0.717, 1.165) is 36.6 Å². The van der Waals surface area contributed by atoms with Gasteiger partial charge < -0.3 is 9.84 Å². The highest BCUT2D eigenvalue weighted by atomic mass is 16.5. The molecule has 0 saturated heterocycles. The molecule has 0 amide bonds. The molecule has 0 aromatic carbocycles. The molecule has 1 N–H and O–H groups in total. The van der Waals surface area contributed by atoms with Gasteiger partial charge in [-0.2, -0.15) is 4.98 Å². The summed E-state index contributed by atoms with van der Waals surface area (Å²) >= 11 is 0. The molecule has 2 aliphatic carbocycles. The van der Waals surface area contributed by atoms with Crippen LogP contribution in [0.3, 0.4) is 0 Å². The van der Waals surface area contributed by atoms with Crippen LogP contribution >= 0.6 is 0 Å². The van der Waals surface area contributed by atoms with Crippen LogP contribution in [0, 0.1) is 11.8 Å². The van der Waals surface area contributed by atoms with Gasteiger partial charge >= 0.3 is 0 Å². The van der Waals surface area contributed by atoms with Gasteiger partial charge in [0.2, 0.25) is 5.89 Å². The normalized spacial score (nSPS) is 28.5. The third-order valence-electron chi connectivity index (χ3n) is 4.27. The fourth-order valence-corrected chi connectivity index (χ4v) is 2.73. The zero-order valence-electron chi connectivity index (χ0n) is 11.2. The molecule has 0 bridgehead atoms. The summed E-state index contributed by atoms with van der Waals surface area (Å²) in [5.41, 5.74) is 0. The van der Waals surface area contributed by atoms with Crippen molar-refractivity contribution in [3.05, 3.63) is 11.7 Å². The molecule has 100 valence electrons. The van der Waals surface area contributed by atoms with E-state index in [9.17, 15) is 0 Å². The zero-order valence-corrected chi connectivity index (χ0v) is 11.2. The predicted molar refractivity (Wildman–Crippen MR) is 69.1 cm³/mol. The summed E-state index contributed by atoms with van der Waals surface area (Å²) < 4.78 is 5.32. The smallest absolute Gasteiger partial charge is 0.240 e. The van der Waals surface area contributed by atoms with Crippen LogP contribution in [0.1, 0.15) is 63.1 Å². The molecule has 1 aromatic heterocycles. The zero-order chi connectivity index (χ0) is 12.4. The summed E-state index contributed by atoms with van der Waals surface area (Å²) in [6.07, 6.45) is 7.79. The van der Waals surface area contributed by atoms with Crippen LogP contribution in [-0.2, 0) is 6.54 Å². The maximum absolute atomic E-state index is 5.32. The van der Waals surface area contributed by atoms with Gasteiger partial charge in [-0.15, -0.1) is 0 Å². The Morgan fingerprint density at radius 1 is 1.17 bits per heavy atom. The Kier molecular flexibility index (Phi) is 3.64. The van der Waals surface area contributed by atoms with Crippen molar-refractivity contribution < 1.29 is 4.52 Å². The topological polar surface area (TPSA) is 51.0 Å². The molecule has 2 saturated carbocycles. The summed E-state index contributed by atoms with van der Waals surface area (Å²) in [6, 6.07) is 0. The third kappa shape index (κ3) is 3.10. The molecule has 4 nitrogen and oxygen atoms in total. The third-order valence-corrected chi connectivity index (χ3v) is 4.27. The Bertz CT molecular complexity index is 378. The highest BCUT2D eigenvalue weighted by Crippen LogP contribution is 2.34. The standard InChI is InChI=1S/C14H23N3O/c1-10-2-6-12(7-3-10)14-16-13(18-17-14)9-15-8-11-4-5-11/h10-12,15H,2-9H2,1H3. The van der Waals surface area contributed by atoms with E-state index >= 15 is 0 Å². The molecule has 1 aromatic rings. The Hall–Kier alpha value is -0.900.